The van der Waals surface area contributed by atoms with Crippen molar-refractivity contribution in [3.05, 3.63) is 29.8 Å². The van der Waals surface area contributed by atoms with Crippen LogP contribution in [0.15, 0.2) is 24.3 Å². The van der Waals surface area contributed by atoms with Gasteiger partial charge in [-0.25, -0.2) is 14.4 Å². The topological polar surface area (TPSA) is 97.4 Å². The Hall–Kier alpha value is -3.03. The van der Waals surface area contributed by atoms with Crippen LogP contribution >= 0.6 is 0 Å². The SMILES string of the molecule is COC(=O)/C=C/c1ccc(O[C@@H](C)C(=O)OC)c(O[C@@H](C)C(=O)OC)c1. The normalized spacial score (nSPS) is 12.8. The van der Waals surface area contributed by atoms with Crippen molar-refractivity contribution in [3.63, 3.8) is 0 Å². The zero-order chi connectivity index (χ0) is 19.7. The van der Waals surface area contributed by atoms with Crippen LogP contribution < -0.4 is 9.47 Å². The van der Waals surface area contributed by atoms with E-state index in [2.05, 4.69) is 14.2 Å². The molecule has 8 nitrogen and oxygen atoms in total. The lowest BCUT2D eigenvalue weighted by atomic mass is 10.2. The summed E-state index contributed by atoms with van der Waals surface area (Å²) in [5.74, 6) is -1.23. The number of benzene rings is 1. The van der Waals surface area contributed by atoms with Crippen LogP contribution in [0.25, 0.3) is 6.08 Å². The summed E-state index contributed by atoms with van der Waals surface area (Å²) in [6.45, 7) is 3.03. The van der Waals surface area contributed by atoms with Gasteiger partial charge in [0.25, 0.3) is 0 Å². The molecular weight excluding hydrogens is 344 g/mol. The number of methoxy groups -OCH3 is 3. The van der Waals surface area contributed by atoms with E-state index in [0.717, 1.165) is 0 Å². The molecule has 0 fully saturated rings. The van der Waals surface area contributed by atoms with Gasteiger partial charge >= 0.3 is 17.9 Å². The van der Waals surface area contributed by atoms with Crippen LogP contribution in [0.3, 0.4) is 0 Å². The molecular formula is C18H22O8. The van der Waals surface area contributed by atoms with E-state index in [0.29, 0.717) is 5.56 Å². The van der Waals surface area contributed by atoms with Gasteiger partial charge in [0.05, 0.1) is 21.3 Å². The molecule has 1 rings (SSSR count). The molecule has 1 aromatic carbocycles. The van der Waals surface area contributed by atoms with Gasteiger partial charge in [-0.1, -0.05) is 6.07 Å². The third-order valence-corrected chi connectivity index (χ3v) is 3.25. The number of hydrogen-bond acceptors (Lipinski definition) is 8. The van der Waals surface area contributed by atoms with Crippen molar-refractivity contribution in [2.24, 2.45) is 0 Å². The Morgan fingerprint density at radius 1 is 0.846 bits per heavy atom. The van der Waals surface area contributed by atoms with Gasteiger partial charge in [0, 0.05) is 6.08 Å². The summed E-state index contributed by atoms with van der Waals surface area (Å²) in [6, 6.07) is 4.75. The Bertz CT molecular complexity index is 680. The second-order valence-electron chi connectivity index (χ2n) is 5.13. The van der Waals surface area contributed by atoms with E-state index in [1.807, 2.05) is 0 Å². The highest BCUT2D eigenvalue weighted by atomic mass is 16.6. The average Bonchev–Trinajstić information content (AvgIpc) is 2.65. The van der Waals surface area contributed by atoms with Crippen LogP contribution in [0.1, 0.15) is 19.4 Å². The maximum Gasteiger partial charge on any atom is 0.346 e. The fourth-order valence-corrected chi connectivity index (χ4v) is 1.86. The van der Waals surface area contributed by atoms with Crippen molar-refractivity contribution < 1.29 is 38.1 Å². The van der Waals surface area contributed by atoms with Gasteiger partial charge in [-0.2, -0.15) is 0 Å². The maximum absolute atomic E-state index is 11.6. The highest BCUT2D eigenvalue weighted by Crippen LogP contribution is 2.31. The Morgan fingerprint density at radius 3 is 1.88 bits per heavy atom. The van der Waals surface area contributed by atoms with Crippen molar-refractivity contribution in [1.29, 1.82) is 0 Å². The largest absolute Gasteiger partial charge is 0.475 e. The van der Waals surface area contributed by atoms with E-state index < -0.39 is 30.1 Å². The first kappa shape index (κ1) is 21.0. The van der Waals surface area contributed by atoms with Gasteiger partial charge in [0.15, 0.2) is 23.7 Å². The van der Waals surface area contributed by atoms with Crippen LogP contribution in [0.2, 0.25) is 0 Å². The molecule has 0 amide bonds. The molecule has 0 N–H and O–H groups in total. The summed E-state index contributed by atoms with van der Waals surface area (Å²) in [5, 5.41) is 0. The van der Waals surface area contributed by atoms with Crippen molar-refractivity contribution >= 4 is 24.0 Å². The summed E-state index contributed by atoms with van der Waals surface area (Å²) in [4.78, 5) is 34.4. The first-order valence-corrected chi connectivity index (χ1v) is 7.71. The molecule has 0 aliphatic carbocycles. The van der Waals surface area contributed by atoms with Crippen LogP contribution in [-0.4, -0.2) is 51.4 Å². The van der Waals surface area contributed by atoms with Gasteiger partial charge in [0.2, 0.25) is 0 Å². The minimum absolute atomic E-state index is 0.200. The fraction of sp³-hybridized carbons (Fsp3) is 0.389. The van der Waals surface area contributed by atoms with Gasteiger partial charge in [0.1, 0.15) is 0 Å². The predicted molar refractivity (Wildman–Crippen MR) is 91.7 cm³/mol. The molecule has 0 bridgehead atoms. The lowest BCUT2D eigenvalue weighted by Gasteiger charge is -2.19. The highest BCUT2D eigenvalue weighted by Gasteiger charge is 2.21. The molecule has 0 heterocycles. The number of rotatable bonds is 8. The number of carbonyl (C=O) groups is 3. The zero-order valence-corrected chi connectivity index (χ0v) is 15.3. The van der Waals surface area contributed by atoms with E-state index in [1.54, 1.807) is 18.2 Å². The number of esters is 3. The maximum atomic E-state index is 11.6. The molecule has 2 atom stereocenters. The smallest absolute Gasteiger partial charge is 0.346 e. The standard InChI is InChI=1S/C18H22O8/c1-11(17(20)23-4)25-14-8-6-13(7-9-16(19)22-3)10-15(14)26-12(2)18(21)24-5/h6-12H,1-5H3/b9-7+/t11-,12-/m0/s1. The number of hydrogen-bond donors (Lipinski definition) is 0. The van der Waals surface area contributed by atoms with Crippen molar-refractivity contribution in [2.75, 3.05) is 21.3 Å². The quantitative estimate of drug-likeness (QED) is 0.390. The number of ether oxygens (including phenoxy) is 5. The molecule has 8 heteroatoms. The molecule has 0 radical (unpaired) electrons. The molecule has 26 heavy (non-hydrogen) atoms. The Labute approximate surface area is 151 Å². The highest BCUT2D eigenvalue weighted by molar-refractivity contribution is 5.87. The molecule has 0 aromatic heterocycles. The zero-order valence-electron chi connectivity index (χ0n) is 15.3. The molecule has 142 valence electrons. The summed E-state index contributed by atoms with van der Waals surface area (Å²) in [5.41, 5.74) is 0.598. The van der Waals surface area contributed by atoms with Gasteiger partial charge < -0.3 is 23.7 Å². The summed E-state index contributed by atoms with van der Waals surface area (Å²) < 4.78 is 24.9. The molecule has 0 saturated carbocycles. The third-order valence-electron chi connectivity index (χ3n) is 3.25. The Morgan fingerprint density at radius 2 is 1.38 bits per heavy atom. The van der Waals surface area contributed by atoms with E-state index >= 15 is 0 Å². The van der Waals surface area contributed by atoms with Crippen LogP contribution in [0.4, 0.5) is 0 Å². The van der Waals surface area contributed by atoms with Crippen molar-refractivity contribution in [2.45, 2.75) is 26.1 Å². The molecule has 0 aliphatic heterocycles. The predicted octanol–water partition coefficient (Wildman–Crippen LogP) is 1.75. The summed E-state index contributed by atoms with van der Waals surface area (Å²) in [6.07, 6.45) is 0.956. The van der Waals surface area contributed by atoms with Crippen LogP contribution in [-0.2, 0) is 28.6 Å². The monoisotopic (exact) mass is 366 g/mol. The first-order valence-electron chi connectivity index (χ1n) is 7.71. The van der Waals surface area contributed by atoms with E-state index in [-0.39, 0.29) is 11.5 Å². The van der Waals surface area contributed by atoms with Crippen LogP contribution in [0, 0.1) is 0 Å². The van der Waals surface area contributed by atoms with Gasteiger partial charge in [-0.05, 0) is 37.6 Å². The summed E-state index contributed by atoms with van der Waals surface area (Å²) in [7, 11) is 3.76. The second kappa shape index (κ2) is 10.1. The fourth-order valence-electron chi connectivity index (χ4n) is 1.86. The Balaban J connectivity index is 3.14. The third kappa shape index (κ3) is 6.12. The average molecular weight is 366 g/mol. The Kier molecular flexibility index (Phi) is 8.14. The number of carbonyl (C=O) groups excluding carboxylic acids is 3. The minimum Gasteiger partial charge on any atom is -0.475 e. The van der Waals surface area contributed by atoms with Gasteiger partial charge in [-0.15, -0.1) is 0 Å². The molecule has 0 unspecified atom stereocenters. The lowest BCUT2D eigenvalue weighted by molar-refractivity contribution is -0.149. The second-order valence-corrected chi connectivity index (χ2v) is 5.13. The van der Waals surface area contributed by atoms with Crippen LogP contribution in [0.5, 0.6) is 11.5 Å². The lowest BCUT2D eigenvalue weighted by Crippen LogP contribution is -2.27. The molecule has 1 aromatic rings. The van der Waals surface area contributed by atoms with E-state index in [1.165, 1.54) is 47.3 Å². The molecule has 0 spiro atoms. The van der Waals surface area contributed by atoms with E-state index in [4.69, 9.17) is 9.47 Å². The van der Waals surface area contributed by atoms with Crippen molar-refractivity contribution in [1.82, 2.24) is 0 Å². The molecule has 0 saturated heterocycles. The molecule has 0 aliphatic rings. The van der Waals surface area contributed by atoms with Gasteiger partial charge in [-0.3, -0.25) is 0 Å². The first-order chi connectivity index (χ1) is 12.3. The minimum atomic E-state index is -0.907. The summed E-state index contributed by atoms with van der Waals surface area (Å²) >= 11 is 0. The van der Waals surface area contributed by atoms with Crippen molar-refractivity contribution in [3.8, 4) is 11.5 Å². The van der Waals surface area contributed by atoms with E-state index in [9.17, 15) is 14.4 Å².